The molecule has 0 aliphatic heterocycles. The average Bonchev–Trinajstić information content (AvgIpc) is 2.63. The molecule has 0 bridgehead atoms. The number of aryl methyl sites for hydroxylation is 1. The van der Waals surface area contributed by atoms with E-state index in [1.807, 2.05) is 6.20 Å². The molecule has 1 aromatic rings. The molecule has 1 N–H and O–H groups in total. The Labute approximate surface area is 97.1 Å². The highest BCUT2D eigenvalue weighted by Crippen LogP contribution is 2.20. The molecule has 0 saturated heterocycles. The van der Waals surface area contributed by atoms with E-state index in [0.717, 1.165) is 0 Å². The first-order valence-corrected chi connectivity index (χ1v) is 6.54. The second kappa shape index (κ2) is 5.61. The number of nitrogens with zero attached hydrogens (tertiary/aromatic N) is 1. The first kappa shape index (κ1) is 12.7. The summed E-state index contributed by atoms with van der Waals surface area (Å²) in [5.74, 6) is 0.716. The first-order valence-electron chi connectivity index (χ1n) is 5.73. The maximum atomic E-state index is 4.41. The van der Waals surface area contributed by atoms with E-state index < -0.39 is 0 Å². The van der Waals surface area contributed by atoms with Crippen molar-refractivity contribution in [2.24, 2.45) is 5.92 Å². The van der Waals surface area contributed by atoms with Gasteiger partial charge in [0, 0.05) is 17.1 Å². The molecule has 0 amide bonds. The van der Waals surface area contributed by atoms with Crippen molar-refractivity contribution in [1.29, 1.82) is 0 Å². The van der Waals surface area contributed by atoms with E-state index in [-0.39, 0.29) is 0 Å². The summed E-state index contributed by atoms with van der Waals surface area (Å²) >= 11 is 1.78. The molecule has 0 fully saturated rings. The van der Waals surface area contributed by atoms with Gasteiger partial charge in [0.05, 0.1) is 6.04 Å². The van der Waals surface area contributed by atoms with Crippen LogP contribution in [-0.2, 0) is 0 Å². The van der Waals surface area contributed by atoms with Crippen LogP contribution in [0.1, 0.15) is 50.0 Å². The van der Waals surface area contributed by atoms with Gasteiger partial charge in [-0.05, 0) is 26.7 Å². The van der Waals surface area contributed by atoms with Gasteiger partial charge in [-0.15, -0.1) is 11.3 Å². The highest BCUT2D eigenvalue weighted by atomic mass is 32.1. The molecule has 0 radical (unpaired) electrons. The van der Waals surface area contributed by atoms with Crippen LogP contribution in [0.5, 0.6) is 0 Å². The van der Waals surface area contributed by atoms with Gasteiger partial charge in [-0.3, -0.25) is 0 Å². The van der Waals surface area contributed by atoms with Crippen LogP contribution in [0.2, 0.25) is 0 Å². The van der Waals surface area contributed by atoms with Crippen LogP contribution in [-0.4, -0.2) is 11.0 Å². The summed E-state index contributed by atoms with van der Waals surface area (Å²) in [6, 6.07) is 0.918. The summed E-state index contributed by atoms with van der Waals surface area (Å²) in [7, 11) is 0. The Morgan fingerprint density at radius 2 is 2.07 bits per heavy atom. The van der Waals surface area contributed by atoms with E-state index in [9.17, 15) is 0 Å². The molecular weight excluding hydrogens is 204 g/mol. The highest BCUT2D eigenvalue weighted by Gasteiger charge is 2.15. The zero-order chi connectivity index (χ0) is 11.4. The lowest BCUT2D eigenvalue weighted by Gasteiger charge is -2.23. The van der Waals surface area contributed by atoms with Crippen molar-refractivity contribution in [3.63, 3.8) is 0 Å². The lowest BCUT2D eigenvalue weighted by Crippen LogP contribution is -2.33. The van der Waals surface area contributed by atoms with Gasteiger partial charge in [0.2, 0.25) is 0 Å². The summed E-state index contributed by atoms with van der Waals surface area (Å²) in [6.07, 6.45) is 3.17. The summed E-state index contributed by atoms with van der Waals surface area (Å²) in [6.45, 7) is 11.1. The van der Waals surface area contributed by atoms with Gasteiger partial charge < -0.3 is 5.32 Å². The summed E-state index contributed by atoms with van der Waals surface area (Å²) in [5, 5.41) is 4.80. The molecule has 1 rings (SSSR count). The molecule has 3 atom stereocenters. The molecule has 1 heterocycles. The Morgan fingerprint density at radius 3 is 2.53 bits per heavy atom. The van der Waals surface area contributed by atoms with Gasteiger partial charge >= 0.3 is 0 Å². The third-order valence-electron chi connectivity index (χ3n) is 3.02. The van der Waals surface area contributed by atoms with Gasteiger partial charge in [0.1, 0.15) is 5.01 Å². The second-order valence-electron chi connectivity index (χ2n) is 4.37. The van der Waals surface area contributed by atoms with E-state index in [0.29, 0.717) is 18.0 Å². The van der Waals surface area contributed by atoms with Crippen molar-refractivity contribution in [1.82, 2.24) is 10.3 Å². The molecule has 0 aliphatic rings. The minimum absolute atomic E-state index is 0.368. The van der Waals surface area contributed by atoms with Gasteiger partial charge in [-0.25, -0.2) is 4.98 Å². The number of aromatic nitrogens is 1. The molecule has 0 saturated carbocycles. The fourth-order valence-corrected chi connectivity index (χ4v) is 2.34. The van der Waals surface area contributed by atoms with Crippen molar-refractivity contribution in [3.8, 4) is 0 Å². The molecule has 0 aromatic carbocycles. The summed E-state index contributed by atoms with van der Waals surface area (Å²) in [5.41, 5.74) is 0. The number of nitrogens with one attached hydrogen (secondary N) is 1. The van der Waals surface area contributed by atoms with Crippen molar-refractivity contribution >= 4 is 11.3 Å². The van der Waals surface area contributed by atoms with Crippen LogP contribution in [0.3, 0.4) is 0 Å². The molecule has 86 valence electrons. The van der Waals surface area contributed by atoms with Crippen LogP contribution >= 0.6 is 11.3 Å². The predicted octanol–water partition coefficient (Wildman–Crippen LogP) is 3.54. The zero-order valence-electron chi connectivity index (χ0n) is 10.4. The minimum atomic E-state index is 0.368. The lowest BCUT2D eigenvalue weighted by atomic mass is 10.0. The third-order valence-corrected chi connectivity index (χ3v) is 4.12. The van der Waals surface area contributed by atoms with Crippen LogP contribution in [0.25, 0.3) is 0 Å². The standard InChI is InChI=1S/C12H22N2S/c1-6-8(2)10(4)14-11(5)12-13-7-9(3)15-12/h7-8,10-11,14H,6H2,1-5H3. The monoisotopic (exact) mass is 226 g/mol. The second-order valence-corrected chi connectivity index (χ2v) is 5.64. The van der Waals surface area contributed by atoms with Gasteiger partial charge in [0.25, 0.3) is 0 Å². The summed E-state index contributed by atoms with van der Waals surface area (Å²) < 4.78 is 0. The van der Waals surface area contributed by atoms with Gasteiger partial charge in [-0.2, -0.15) is 0 Å². The maximum Gasteiger partial charge on any atom is 0.109 e. The van der Waals surface area contributed by atoms with E-state index in [4.69, 9.17) is 0 Å². The first-order chi connectivity index (χ1) is 7.04. The average molecular weight is 226 g/mol. The Bertz CT molecular complexity index is 296. The fraction of sp³-hybridized carbons (Fsp3) is 0.750. The number of thiazole rings is 1. The fourth-order valence-electron chi connectivity index (χ4n) is 1.56. The molecule has 3 heteroatoms. The van der Waals surface area contributed by atoms with Crippen molar-refractivity contribution in [2.45, 2.75) is 53.1 Å². The molecule has 0 aliphatic carbocycles. The quantitative estimate of drug-likeness (QED) is 0.830. The topological polar surface area (TPSA) is 24.9 Å². The Kier molecular flexibility index (Phi) is 4.74. The van der Waals surface area contributed by atoms with Gasteiger partial charge in [0.15, 0.2) is 0 Å². The largest absolute Gasteiger partial charge is 0.305 e. The molecule has 2 nitrogen and oxygen atoms in total. The number of hydrogen-bond donors (Lipinski definition) is 1. The molecule has 15 heavy (non-hydrogen) atoms. The Hall–Kier alpha value is -0.410. The minimum Gasteiger partial charge on any atom is -0.305 e. The van der Waals surface area contributed by atoms with Gasteiger partial charge in [-0.1, -0.05) is 20.3 Å². The smallest absolute Gasteiger partial charge is 0.109 e. The lowest BCUT2D eigenvalue weighted by molar-refractivity contribution is 0.360. The normalized spacial score (nSPS) is 17.4. The highest BCUT2D eigenvalue weighted by molar-refractivity contribution is 7.11. The van der Waals surface area contributed by atoms with Crippen LogP contribution in [0.4, 0.5) is 0 Å². The number of hydrogen-bond acceptors (Lipinski definition) is 3. The number of rotatable bonds is 5. The van der Waals surface area contributed by atoms with E-state index in [2.05, 4.69) is 44.9 Å². The van der Waals surface area contributed by atoms with Crippen LogP contribution in [0.15, 0.2) is 6.20 Å². The Balaban J connectivity index is 2.52. The molecular formula is C12H22N2S. The SMILES string of the molecule is CCC(C)C(C)NC(C)c1ncc(C)s1. The van der Waals surface area contributed by atoms with Crippen molar-refractivity contribution in [2.75, 3.05) is 0 Å². The summed E-state index contributed by atoms with van der Waals surface area (Å²) in [4.78, 5) is 5.70. The van der Waals surface area contributed by atoms with Crippen LogP contribution in [0, 0.1) is 12.8 Å². The molecule has 0 spiro atoms. The predicted molar refractivity (Wildman–Crippen MR) is 67.3 cm³/mol. The van der Waals surface area contributed by atoms with Crippen molar-refractivity contribution < 1.29 is 0 Å². The van der Waals surface area contributed by atoms with E-state index in [1.54, 1.807) is 11.3 Å². The molecule has 1 aromatic heterocycles. The van der Waals surface area contributed by atoms with Crippen molar-refractivity contribution in [3.05, 3.63) is 16.1 Å². The zero-order valence-corrected chi connectivity index (χ0v) is 11.2. The molecule has 3 unspecified atom stereocenters. The van der Waals surface area contributed by atoms with E-state index >= 15 is 0 Å². The maximum absolute atomic E-state index is 4.41. The van der Waals surface area contributed by atoms with Crippen LogP contribution < -0.4 is 5.32 Å². The van der Waals surface area contributed by atoms with E-state index in [1.165, 1.54) is 16.3 Å². The third kappa shape index (κ3) is 3.58. The Morgan fingerprint density at radius 1 is 1.40 bits per heavy atom.